The lowest BCUT2D eigenvalue weighted by atomic mass is 9.81. The molecule has 0 bridgehead atoms. The molecule has 1 fully saturated rings. The predicted molar refractivity (Wildman–Crippen MR) is 123 cm³/mol. The Kier molecular flexibility index (Phi) is 8.53. The molecule has 2 aromatic rings. The van der Waals surface area contributed by atoms with Gasteiger partial charge < -0.3 is 14.8 Å². The van der Waals surface area contributed by atoms with Crippen molar-refractivity contribution in [1.29, 1.82) is 0 Å². The first kappa shape index (κ1) is 24.1. The van der Waals surface area contributed by atoms with E-state index < -0.39 is 10.0 Å². The second-order valence-electron chi connectivity index (χ2n) is 8.11. The average Bonchev–Trinajstić information content (AvgIpc) is 2.83. The fourth-order valence-electron chi connectivity index (χ4n) is 4.05. The average molecular weight is 461 g/mol. The maximum atomic E-state index is 12.6. The molecule has 0 spiro atoms. The highest BCUT2D eigenvalue weighted by Gasteiger charge is 2.27. The third-order valence-corrected chi connectivity index (χ3v) is 7.43. The van der Waals surface area contributed by atoms with Crippen molar-refractivity contribution in [3.8, 4) is 11.5 Å². The summed E-state index contributed by atoms with van der Waals surface area (Å²) in [5.41, 5.74) is 1.07. The normalized spacial score (nSPS) is 18.7. The Morgan fingerprint density at radius 1 is 0.969 bits per heavy atom. The van der Waals surface area contributed by atoms with E-state index in [9.17, 15) is 13.2 Å². The van der Waals surface area contributed by atoms with Crippen molar-refractivity contribution in [2.24, 2.45) is 11.8 Å². The Balaban J connectivity index is 1.39. The van der Waals surface area contributed by atoms with E-state index in [2.05, 4.69) is 10.0 Å². The van der Waals surface area contributed by atoms with Crippen LogP contribution in [0.1, 0.15) is 31.2 Å². The van der Waals surface area contributed by atoms with Crippen molar-refractivity contribution >= 4 is 15.9 Å². The van der Waals surface area contributed by atoms with Crippen LogP contribution in [0.5, 0.6) is 11.5 Å². The molecule has 0 saturated heterocycles. The van der Waals surface area contributed by atoms with Gasteiger partial charge in [0.15, 0.2) is 11.5 Å². The highest BCUT2D eigenvalue weighted by atomic mass is 32.2. The molecule has 2 aromatic carbocycles. The van der Waals surface area contributed by atoms with E-state index in [0.29, 0.717) is 31.0 Å². The zero-order valence-corrected chi connectivity index (χ0v) is 19.5. The third kappa shape index (κ3) is 6.46. The summed E-state index contributed by atoms with van der Waals surface area (Å²) in [4.78, 5) is 12.8. The van der Waals surface area contributed by atoms with Crippen LogP contribution in [0, 0.1) is 11.8 Å². The van der Waals surface area contributed by atoms with Gasteiger partial charge in [0.25, 0.3) is 0 Å². The van der Waals surface area contributed by atoms with Gasteiger partial charge in [-0.3, -0.25) is 4.79 Å². The van der Waals surface area contributed by atoms with Gasteiger partial charge in [-0.25, -0.2) is 13.1 Å². The number of ether oxygens (including phenoxy) is 2. The van der Waals surface area contributed by atoms with E-state index in [4.69, 9.17) is 9.47 Å². The van der Waals surface area contributed by atoms with Crippen LogP contribution >= 0.6 is 0 Å². The lowest BCUT2D eigenvalue weighted by molar-refractivity contribution is -0.126. The Morgan fingerprint density at radius 2 is 1.66 bits per heavy atom. The molecule has 174 valence electrons. The van der Waals surface area contributed by atoms with E-state index in [1.807, 2.05) is 18.2 Å². The van der Waals surface area contributed by atoms with Gasteiger partial charge in [-0.1, -0.05) is 24.3 Å². The number of methoxy groups -OCH3 is 2. The molecule has 8 heteroatoms. The standard InChI is InChI=1S/C24H32N2O5S/c1-30-22-13-10-18(16-23(22)31-2)14-15-25-24(27)20-11-8-19(9-12-20)17-26-32(28,29)21-6-4-3-5-7-21/h3-7,10,13,16,19-20,26H,8-9,11-12,14-15,17H2,1-2H3,(H,25,27). The Hall–Kier alpha value is -2.58. The fraction of sp³-hybridized carbons (Fsp3) is 0.458. The van der Waals surface area contributed by atoms with Gasteiger partial charge >= 0.3 is 0 Å². The van der Waals surface area contributed by atoms with Crippen LogP contribution in [-0.4, -0.2) is 41.6 Å². The second kappa shape index (κ2) is 11.3. The number of sulfonamides is 1. The minimum Gasteiger partial charge on any atom is -0.493 e. The summed E-state index contributed by atoms with van der Waals surface area (Å²) in [6.07, 6.45) is 3.94. The maximum Gasteiger partial charge on any atom is 0.240 e. The monoisotopic (exact) mass is 460 g/mol. The molecule has 0 aliphatic heterocycles. The molecule has 1 saturated carbocycles. The molecule has 7 nitrogen and oxygen atoms in total. The van der Waals surface area contributed by atoms with Crippen LogP contribution in [0.4, 0.5) is 0 Å². The maximum absolute atomic E-state index is 12.6. The molecular formula is C24H32N2O5S. The molecule has 1 amide bonds. The molecular weight excluding hydrogens is 428 g/mol. The number of benzene rings is 2. The van der Waals surface area contributed by atoms with Crippen LogP contribution in [0.3, 0.4) is 0 Å². The molecule has 0 atom stereocenters. The van der Waals surface area contributed by atoms with Crippen molar-refractivity contribution in [3.05, 3.63) is 54.1 Å². The lowest BCUT2D eigenvalue weighted by Gasteiger charge is -2.28. The summed E-state index contributed by atoms with van der Waals surface area (Å²) in [6, 6.07) is 14.1. The summed E-state index contributed by atoms with van der Waals surface area (Å²) in [7, 11) is -0.278. The molecule has 2 N–H and O–H groups in total. The first-order valence-electron chi connectivity index (χ1n) is 11.0. The van der Waals surface area contributed by atoms with Gasteiger partial charge in [0.05, 0.1) is 19.1 Å². The van der Waals surface area contributed by atoms with Gasteiger partial charge in [0.2, 0.25) is 15.9 Å². The summed E-state index contributed by atoms with van der Waals surface area (Å²) in [5.74, 6) is 1.68. The topological polar surface area (TPSA) is 93.7 Å². The molecule has 1 aliphatic carbocycles. The number of rotatable bonds is 10. The van der Waals surface area contributed by atoms with Gasteiger partial charge in [0, 0.05) is 19.0 Å². The Labute approximate surface area is 190 Å². The Bertz CT molecular complexity index is 987. The van der Waals surface area contributed by atoms with Crippen LogP contribution in [-0.2, 0) is 21.2 Å². The summed E-state index contributed by atoms with van der Waals surface area (Å²) >= 11 is 0. The van der Waals surface area contributed by atoms with Crippen molar-refractivity contribution in [2.45, 2.75) is 37.0 Å². The van der Waals surface area contributed by atoms with Crippen LogP contribution < -0.4 is 19.5 Å². The predicted octanol–water partition coefficient (Wildman–Crippen LogP) is 3.15. The van der Waals surface area contributed by atoms with Crippen molar-refractivity contribution in [2.75, 3.05) is 27.3 Å². The van der Waals surface area contributed by atoms with Crippen molar-refractivity contribution < 1.29 is 22.7 Å². The first-order valence-corrected chi connectivity index (χ1v) is 12.4. The van der Waals surface area contributed by atoms with Crippen LogP contribution in [0.15, 0.2) is 53.4 Å². The number of carbonyl (C=O) groups excluding carboxylic acids is 1. The molecule has 0 heterocycles. The summed E-state index contributed by atoms with van der Waals surface area (Å²) < 4.78 is 38.0. The summed E-state index contributed by atoms with van der Waals surface area (Å²) in [5, 5.41) is 3.04. The molecule has 3 rings (SSSR count). The number of amides is 1. The highest BCUT2D eigenvalue weighted by Crippen LogP contribution is 2.29. The van der Waals surface area contributed by atoms with Crippen LogP contribution in [0.25, 0.3) is 0 Å². The number of hydrogen-bond acceptors (Lipinski definition) is 5. The fourth-order valence-corrected chi connectivity index (χ4v) is 5.19. The van der Waals surface area contributed by atoms with Gasteiger partial charge in [-0.05, 0) is 67.9 Å². The smallest absolute Gasteiger partial charge is 0.240 e. The SMILES string of the molecule is COc1ccc(CCNC(=O)C2CCC(CNS(=O)(=O)c3ccccc3)CC2)cc1OC. The lowest BCUT2D eigenvalue weighted by Crippen LogP contribution is -2.36. The van der Waals surface area contributed by atoms with E-state index in [1.165, 1.54) is 0 Å². The van der Waals surface area contributed by atoms with Gasteiger partial charge in [-0.15, -0.1) is 0 Å². The quantitative estimate of drug-likeness (QED) is 0.568. The highest BCUT2D eigenvalue weighted by molar-refractivity contribution is 7.89. The minimum atomic E-state index is -3.48. The van der Waals surface area contributed by atoms with Gasteiger partial charge in [0.1, 0.15) is 0 Å². The minimum absolute atomic E-state index is 0.0117. The Morgan fingerprint density at radius 3 is 2.31 bits per heavy atom. The zero-order valence-electron chi connectivity index (χ0n) is 18.7. The molecule has 0 aromatic heterocycles. The summed E-state index contributed by atoms with van der Waals surface area (Å²) in [6.45, 7) is 0.968. The van der Waals surface area contributed by atoms with E-state index in [-0.39, 0.29) is 22.6 Å². The van der Waals surface area contributed by atoms with Crippen molar-refractivity contribution in [1.82, 2.24) is 10.0 Å². The number of carbonyl (C=O) groups is 1. The van der Waals surface area contributed by atoms with E-state index in [0.717, 1.165) is 31.2 Å². The number of nitrogens with one attached hydrogen (secondary N) is 2. The molecule has 32 heavy (non-hydrogen) atoms. The van der Waals surface area contributed by atoms with Crippen molar-refractivity contribution in [3.63, 3.8) is 0 Å². The number of hydrogen-bond donors (Lipinski definition) is 2. The molecule has 0 unspecified atom stereocenters. The largest absolute Gasteiger partial charge is 0.493 e. The second-order valence-corrected chi connectivity index (χ2v) is 9.88. The third-order valence-electron chi connectivity index (χ3n) is 5.99. The zero-order chi connectivity index (χ0) is 23.0. The van der Waals surface area contributed by atoms with Crippen LogP contribution in [0.2, 0.25) is 0 Å². The molecule has 0 radical (unpaired) electrons. The van der Waals surface area contributed by atoms with E-state index in [1.54, 1.807) is 44.6 Å². The molecule has 1 aliphatic rings. The first-order chi connectivity index (χ1) is 15.4. The van der Waals surface area contributed by atoms with Gasteiger partial charge in [-0.2, -0.15) is 0 Å². The van der Waals surface area contributed by atoms with E-state index >= 15 is 0 Å².